The van der Waals surface area contributed by atoms with Crippen molar-refractivity contribution in [1.29, 1.82) is 0 Å². The van der Waals surface area contributed by atoms with Gasteiger partial charge in [0.15, 0.2) is 0 Å². The summed E-state index contributed by atoms with van der Waals surface area (Å²) in [7, 11) is 0. The second-order valence-electron chi connectivity index (χ2n) is 4.13. The molecule has 0 aromatic carbocycles. The standard InChI is InChI=1S/C12H19N3O2/c1-4-5-15(6-7-16)12(17)11-8-10(9(2)3)13-14-11/h4,8-9,16H,1,5-7H2,2-3H3,(H,13,14). The quantitative estimate of drug-likeness (QED) is 0.729. The van der Waals surface area contributed by atoms with Gasteiger partial charge in [-0.15, -0.1) is 6.58 Å². The molecule has 2 N–H and O–H groups in total. The number of hydrogen-bond acceptors (Lipinski definition) is 3. The van der Waals surface area contributed by atoms with E-state index in [0.717, 1.165) is 5.69 Å². The Morgan fingerprint density at radius 2 is 2.41 bits per heavy atom. The summed E-state index contributed by atoms with van der Waals surface area (Å²) in [5, 5.41) is 15.7. The van der Waals surface area contributed by atoms with Gasteiger partial charge in [-0.1, -0.05) is 19.9 Å². The first-order chi connectivity index (χ1) is 8.10. The Labute approximate surface area is 101 Å². The monoisotopic (exact) mass is 237 g/mol. The molecule has 1 heterocycles. The second-order valence-corrected chi connectivity index (χ2v) is 4.13. The summed E-state index contributed by atoms with van der Waals surface area (Å²) < 4.78 is 0. The largest absolute Gasteiger partial charge is 0.395 e. The Morgan fingerprint density at radius 3 is 2.88 bits per heavy atom. The van der Waals surface area contributed by atoms with Crippen molar-refractivity contribution in [1.82, 2.24) is 15.1 Å². The summed E-state index contributed by atoms with van der Waals surface area (Å²) in [5.41, 5.74) is 1.31. The van der Waals surface area contributed by atoms with Crippen LogP contribution in [-0.4, -0.2) is 45.8 Å². The molecular formula is C12H19N3O2. The normalized spacial score (nSPS) is 10.6. The third-order valence-electron chi connectivity index (χ3n) is 2.45. The van der Waals surface area contributed by atoms with Crippen LogP contribution in [0.1, 0.15) is 35.9 Å². The molecule has 0 bridgehead atoms. The number of carbonyl (C=O) groups excluding carboxylic acids is 1. The van der Waals surface area contributed by atoms with Crippen molar-refractivity contribution in [2.75, 3.05) is 19.7 Å². The number of carbonyl (C=O) groups is 1. The summed E-state index contributed by atoms with van der Waals surface area (Å²) in [6.07, 6.45) is 1.63. The first kappa shape index (κ1) is 13.4. The molecular weight excluding hydrogens is 218 g/mol. The van der Waals surface area contributed by atoms with Crippen LogP contribution in [0.15, 0.2) is 18.7 Å². The molecule has 0 radical (unpaired) electrons. The van der Waals surface area contributed by atoms with Crippen molar-refractivity contribution >= 4 is 5.91 Å². The molecule has 0 aliphatic rings. The molecule has 0 unspecified atom stereocenters. The molecule has 94 valence electrons. The van der Waals surface area contributed by atoms with Gasteiger partial charge < -0.3 is 10.0 Å². The highest BCUT2D eigenvalue weighted by Crippen LogP contribution is 2.13. The lowest BCUT2D eigenvalue weighted by atomic mass is 10.1. The average molecular weight is 237 g/mol. The summed E-state index contributed by atoms with van der Waals surface area (Å²) in [6.45, 7) is 8.26. The van der Waals surface area contributed by atoms with Crippen molar-refractivity contribution in [3.8, 4) is 0 Å². The highest BCUT2D eigenvalue weighted by atomic mass is 16.3. The highest BCUT2D eigenvalue weighted by Gasteiger charge is 2.17. The van der Waals surface area contributed by atoms with Crippen LogP contribution < -0.4 is 0 Å². The van der Waals surface area contributed by atoms with E-state index in [1.165, 1.54) is 4.90 Å². The van der Waals surface area contributed by atoms with Gasteiger partial charge in [-0.25, -0.2) is 0 Å². The van der Waals surface area contributed by atoms with Crippen LogP contribution in [0.5, 0.6) is 0 Å². The van der Waals surface area contributed by atoms with Gasteiger partial charge in [0.1, 0.15) is 5.69 Å². The molecule has 1 aromatic heterocycles. The van der Waals surface area contributed by atoms with E-state index >= 15 is 0 Å². The lowest BCUT2D eigenvalue weighted by molar-refractivity contribution is 0.0737. The van der Waals surface area contributed by atoms with E-state index in [4.69, 9.17) is 5.11 Å². The van der Waals surface area contributed by atoms with Crippen LogP contribution in [0, 0.1) is 0 Å². The van der Waals surface area contributed by atoms with E-state index < -0.39 is 0 Å². The second kappa shape index (κ2) is 6.20. The number of aromatic amines is 1. The van der Waals surface area contributed by atoms with Gasteiger partial charge in [-0.3, -0.25) is 9.89 Å². The molecule has 1 amide bonds. The number of aromatic nitrogens is 2. The van der Waals surface area contributed by atoms with E-state index in [1.807, 2.05) is 13.8 Å². The zero-order valence-corrected chi connectivity index (χ0v) is 10.3. The zero-order chi connectivity index (χ0) is 12.8. The van der Waals surface area contributed by atoms with Gasteiger partial charge in [0.05, 0.1) is 6.61 Å². The van der Waals surface area contributed by atoms with E-state index in [9.17, 15) is 4.79 Å². The first-order valence-corrected chi connectivity index (χ1v) is 5.66. The Bertz CT molecular complexity index is 385. The molecule has 1 rings (SSSR count). The molecule has 0 atom stereocenters. The smallest absolute Gasteiger partial charge is 0.274 e. The minimum absolute atomic E-state index is 0.0684. The minimum Gasteiger partial charge on any atom is -0.395 e. The Balaban J connectivity index is 2.81. The maximum Gasteiger partial charge on any atom is 0.274 e. The Morgan fingerprint density at radius 1 is 1.71 bits per heavy atom. The van der Waals surface area contributed by atoms with Gasteiger partial charge >= 0.3 is 0 Å². The fourth-order valence-electron chi connectivity index (χ4n) is 1.46. The molecule has 5 nitrogen and oxygen atoms in total. The van der Waals surface area contributed by atoms with Gasteiger partial charge in [0.2, 0.25) is 0 Å². The number of hydrogen-bond donors (Lipinski definition) is 2. The third-order valence-corrected chi connectivity index (χ3v) is 2.45. The van der Waals surface area contributed by atoms with Gasteiger partial charge in [0.25, 0.3) is 5.91 Å². The number of rotatable bonds is 6. The van der Waals surface area contributed by atoms with Crippen LogP contribution >= 0.6 is 0 Å². The van der Waals surface area contributed by atoms with Gasteiger partial charge in [-0.2, -0.15) is 5.10 Å². The maximum atomic E-state index is 12.0. The fraction of sp³-hybridized carbons (Fsp3) is 0.500. The molecule has 0 saturated heterocycles. The van der Waals surface area contributed by atoms with E-state index in [1.54, 1.807) is 12.1 Å². The van der Waals surface area contributed by atoms with Crippen LogP contribution in [0.4, 0.5) is 0 Å². The molecule has 5 heteroatoms. The Kier molecular flexibility index (Phi) is 4.90. The summed E-state index contributed by atoms with van der Waals surface area (Å²) >= 11 is 0. The van der Waals surface area contributed by atoms with Crippen LogP contribution in [0.25, 0.3) is 0 Å². The lowest BCUT2D eigenvalue weighted by Crippen LogP contribution is -2.33. The van der Waals surface area contributed by atoms with E-state index in [-0.39, 0.29) is 19.1 Å². The van der Waals surface area contributed by atoms with E-state index in [2.05, 4.69) is 16.8 Å². The van der Waals surface area contributed by atoms with E-state index in [0.29, 0.717) is 18.2 Å². The SMILES string of the molecule is C=CCN(CCO)C(=O)c1cc(C(C)C)[nH]n1. The number of nitrogens with one attached hydrogen (secondary N) is 1. The van der Waals surface area contributed by atoms with Gasteiger partial charge in [0, 0.05) is 18.8 Å². The summed E-state index contributed by atoms with van der Waals surface area (Å²) in [6, 6.07) is 1.75. The number of aliphatic hydroxyl groups excluding tert-OH is 1. The predicted molar refractivity (Wildman–Crippen MR) is 65.9 cm³/mol. The van der Waals surface area contributed by atoms with Crippen LogP contribution in [0.2, 0.25) is 0 Å². The topological polar surface area (TPSA) is 69.2 Å². The minimum atomic E-state index is -0.192. The molecule has 0 aliphatic carbocycles. The first-order valence-electron chi connectivity index (χ1n) is 5.66. The molecule has 0 aliphatic heterocycles. The summed E-state index contributed by atoms with van der Waals surface area (Å²) in [5.74, 6) is 0.108. The third kappa shape index (κ3) is 3.42. The predicted octanol–water partition coefficient (Wildman–Crippen LogP) is 1.15. The maximum absolute atomic E-state index is 12.0. The van der Waals surface area contributed by atoms with Crippen molar-refractivity contribution in [3.63, 3.8) is 0 Å². The van der Waals surface area contributed by atoms with Crippen molar-refractivity contribution < 1.29 is 9.90 Å². The Hall–Kier alpha value is -1.62. The molecule has 0 saturated carbocycles. The van der Waals surface area contributed by atoms with Crippen LogP contribution in [0.3, 0.4) is 0 Å². The zero-order valence-electron chi connectivity index (χ0n) is 10.3. The van der Waals surface area contributed by atoms with Gasteiger partial charge in [-0.05, 0) is 12.0 Å². The molecule has 1 aromatic rings. The van der Waals surface area contributed by atoms with Crippen molar-refractivity contribution in [2.45, 2.75) is 19.8 Å². The number of amides is 1. The summed E-state index contributed by atoms with van der Waals surface area (Å²) in [4.78, 5) is 13.6. The molecule has 17 heavy (non-hydrogen) atoms. The molecule has 0 spiro atoms. The number of aliphatic hydroxyl groups is 1. The number of H-pyrrole nitrogens is 1. The van der Waals surface area contributed by atoms with Crippen molar-refractivity contribution in [2.24, 2.45) is 0 Å². The molecule has 0 fully saturated rings. The fourth-order valence-corrected chi connectivity index (χ4v) is 1.46. The lowest BCUT2D eigenvalue weighted by Gasteiger charge is -2.18. The number of nitrogens with zero attached hydrogens (tertiary/aromatic N) is 2. The highest BCUT2D eigenvalue weighted by molar-refractivity contribution is 5.92. The van der Waals surface area contributed by atoms with Crippen LogP contribution in [-0.2, 0) is 0 Å². The average Bonchev–Trinajstić information content (AvgIpc) is 2.77. The van der Waals surface area contributed by atoms with Crippen molar-refractivity contribution in [3.05, 3.63) is 30.1 Å².